The van der Waals surface area contributed by atoms with Gasteiger partial charge in [0.25, 0.3) is 0 Å². The molecule has 2 aliphatic carbocycles. The van der Waals surface area contributed by atoms with Crippen molar-refractivity contribution in [3.8, 4) is 44.5 Å². The van der Waals surface area contributed by atoms with Gasteiger partial charge in [-0.15, -0.1) is 0 Å². The van der Waals surface area contributed by atoms with E-state index in [9.17, 15) is 19.6 Å². The summed E-state index contributed by atoms with van der Waals surface area (Å²) in [5.74, 6) is 1.43. The predicted octanol–water partition coefficient (Wildman–Crippen LogP) is 12.0. The minimum atomic E-state index is -2.81. The van der Waals surface area contributed by atoms with Crippen LogP contribution < -0.4 is 10.6 Å². The molecule has 0 radical (unpaired) electrons. The highest BCUT2D eigenvalue weighted by atomic mass is 31.2. The fourth-order valence-corrected chi connectivity index (χ4v) is 12.5. The van der Waals surface area contributed by atoms with E-state index in [1.807, 2.05) is 0 Å². The molecule has 0 saturated carbocycles. The molecular weight excluding hydrogens is 751 g/mol. The Morgan fingerprint density at radius 3 is 0.793 bits per heavy atom. The molecule has 0 fully saturated rings. The van der Waals surface area contributed by atoms with Crippen molar-refractivity contribution in [2.75, 3.05) is 0 Å². The Morgan fingerprint density at radius 2 is 0.586 bits per heavy atom. The zero-order valence-corrected chi connectivity index (χ0v) is 38.6. The molecule has 6 heteroatoms. The van der Waals surface area contributed by atoms with Crippen LogP contribution in [0.4, 0.5) is 0 Å². The summed E-state index contributed by atoms with van der Waals surface area (Å²) in [6.45, 7) is 26.8. The van der Waals surface area contributed by atoms with Crippen LogP contribution in [0, 0.1) is 51.4 Å². The summed E-state index contributed by atoms with van der Waals surface area (Å²) in [6, 6.07) is 18.6. The van der Waals surface area contributed by atoms with Gasteiger partial charge in [-0.25, -0.2) is 0 Å². The van der Waals surface area contributed by atoms with E-state index in [0.29, 0.717) is 47.1 Å². The van der Waals surface area contributed by atoms with E-state index < -0.39 is 16.8 Å². The van der Waals surface area contributed by atoms with Crippen LogP contribution in [0.2, 0.25) is 0 Å². The number of benzene rings is 5. The van der Waals surface area contributed by atoms with Crippen LogP contribution in [0.25, 0.3) is 44.5 Å². The van der Waals surface area contributed by atoms with Gasteiger partial charge in [0.05, 0.1) is 10.6 Å². The Bertz CT molecular complexity index is 2250. The lowest BCUT2D eigenvalue weighted by Gasteiger charge is -2.32. The number of hydrogen-bond donors (Lipinski definition) is 4. The summed E-state index contributed by atoms with van der Waals surface area (Å²) in [4.78, 5) is 48.2. The third kappa shape index (κ3) is 8.03. The summed E-state index contributed by atoms with van der Waals surface area (Å²) in [5, 5.41) is 0.587. The Labute approximate surface area is 350 Å². The van der Waals surface area contributed by atoms with Crippen molar-refractivity contribution in [1.29, 1.82) is 0 Å². The molecule has 0 aliphatic heterocycles. The minimum Gasteiger partial charge on any atom is -0.347 e. The molecule has 5 aromatic carbocycles. The normalized spacial score (nSPS) is 13.2. The molecule has 306 valence electrons. The zero-order chi connectivity index (χ0) is 42.1. The topological polar surface area (TPSA) is 80.9 Å². The second kappa shape index (κ2) is 16.7. The van der Waals surface area contributed by atoms with Crippen LogP contribution in [0.1, 0.15) is 122 Å². The van der Waals surface area contributed by atoms with Gasteiger partial charge >= 0.3 is 0 Å². The Kier molecular flexibility index (Phi) is 12.3. The molecule has 4 N–H and O–H groups in total. The van der Waals surface area contributed by atoms with Crippen LogP contribution in [0.3, 0.4) is 0 Å². The highest BCUT2D eigenvalue weighted by Gasteiger charge is 2.40. The summed E-state index contributed by atoms with van der Waals surface area (Å²) >= 11 is 0. The quantitative estimate of drug-likeness (QED) is 0.104. The molecule has 0 saturated heterocycles. The molecule has 5 aromatic rings. The van der Waals surface area contributed by atoms with Crippen molar-refractivity contribution in [3.05, 3.63) is 115 Å². The van der Waals surface area contributed by atoms with Gasteiger partial charge in [-0.05, 0) is 168 Å². The minimum absolute atomic E-state index is 0.293. The third-order valence-electron chi connectivity index (χ3n) is 11.9. The second-order valence-corrected chi connectivity index (χ2v) is 21.4. The highest BCUT2D eigenvalue weighted by Crippen LogP contribution is 2.58. The molecule has 0 bridgehead atoms. The molecule has 0 unspecified atom stereocenters. The van der Waals surface area contributed by atoms with Gasteiger partial charge in [-0.3, -0.25) is 0 Å². The fourth-order valence-electron chi connectivity index (χ4n) is 10.5. The maximum Gasteiger partial charge on any atom is 0.201 e. The number of rotatable bonds is 10. The molecule has 0 aromatic heterocycles. The molecule has 0 atom stereocenters. The van der Waals surface area contributed by atoms with Gasteiger partial charge in [0.2, 0.25) is 16.8 Å². The van der Waals surface area contributed by atoms with Crippen LogP contribution in [-0.4, -0.2) is 19.6 Å². The molecule has 0 amide bonds. The van der Waals surface area contributed by atoms with Gasteiger partial charge in [-0.1, -0.05) is 126 Å². The smallest absolute Gasteiger partial charge is 0.201 e. The van der Waals surface area contributed by atoms with Crippen molar-refractivity contribution in [1.82, 2.24) is 0 Å². The van der Waals surface area contributed by atoms with Crippen molar-refractivity contribution < 1.29 is 19.6 Å². The van der Waals surface area contributed by atoms with E-state index in [1.54, 1.807) is 0 Å². The molecule has 0 heterocycles. The van der Waals surface area contributed by atoms with Crippen molar-refractivity contribution in [2.45, 2.75) is 122 Å². The van der Waals surface area contributed by atoms with Gasteiger partial charge in [0.1, 0.15) is 0 Å². The van der Waals surface area contributed by atoms with E-state index in [1.165, 1.54) is 66.8 Å². The van der Waals surface area contributed by atoms with E-state index in [0.717, 1.165) is 70.2 Å². The maximum absolute atomic E-state index is 12.1. The fraction of sp³-hybridized carbons (Fsp3) is 0.423. The molecular formula is C52H64O4P2. The predicted molar refractivity (Wildman–Crippen MR) is 249 cm³/mol. The lowest BCUT2D eigenvalue weighted by atomic mass is 9.76. The van der Waals surface area contributed by atoms with Crippen LogP contribution in [-0.2, 0) is 38.5 Å². The van der Waals surface area contributed by atoms with Crippen molar-refractivity contribution in [2.24, 2.45) is 23.7 Å². The van der Waals surface area contributed by atoms with Crippen molar-refractivity contribution in [3.63, 3.8) is 0 Å². The summed E-state index contributed by atoms with van der Waals surface area (Å²) in [5.41, 5.74) is 22.4. The van der Waals surface area contributed by atoms with Crippen LogP contribution >= 0.6 is 16.8 Å². The average molecular weight is 815 g/mol. The number of aryl methyl sites for hydroxylation is 4. The monoisotopic (exact) mass is 814 g/mol. The maximum atomic E-state index is 12.1. The largest absolute Gasteiger partial charge is 0.347 e. The first-order valence-corrected chi connectivity index (χ1v) is 23.9. The zero-order valence-electron chi connectivity index (χ0n) is 36.9. The van der Waals surface area contributed by atoms with E-state index >= 15 is 0 Å². The second-order valence-electron chi connectivity index (χ2n) is 19.4. The summed E-state index contributed by atoms with van der Waals surface area (Å²) in [7, 11) is -5.61. The Hall–Kier alpha value is -3.20. The average Bonchev–Trinajstić information content (AvgIpc) is 3.30. The first-order valence-electron chi connectivity index (χ1n) is 21.4. The lowest BCUT2D eigenvalue weighted by Crippen LogP contribution is -2.29. The first kappa shape index (κ1) is 42.9. The highest BCUT2D eigenvalue weighted by molar-refractivity contribution is 7.61. The molecule has 4 nitrogen and oxygen atoms in total. The third-order valence-corrected chi connectivity index (χ3v) is 13.8. The number of hydrogen-bond acceptors (Lipinski definition) is 4. The molecule has 58 heavy (non-hydrogen) atoms. The summed E-state index contributed by atoms with van der Waals surface area (Å²) in [6.07, 6.45) is 4.71. The standard InChI is InChI=1S/C52H64O4P2/c1-27(2)13-35-17-31(9)21-39-25-41-23-33(11)19-37(15-29(5)6)45(41)49-47(43(35)39)48-44-36(14-28(3)4)18-32(10)22-40(44)26-42-24-34(12)20-38(16-30(7)8)46(42)50(48)52(58(55)56)51(49)57(53)54/h17-24,27-30,53-56H,13-16,25-26H2,1-12H3. The summed E-state index contributed by atoms with van der Waals surface area (Å²) < 4.78 is 0. The molecule has 7 rings (SSSR count). The molecule has 2 aliphatic rings. The Morgan fingerprint density at radius 1 is 0.362 bits per heavy atom. The van der Waals surface area contributed by atoms with E-state index in [4.69, 9.17) is 0 Å². The lowest BCUT2D eigenvalue weighted by molar-refractivity contribution is 0.492. The van der Waals surface area contributed by atoms with Gasteiger partial charge in [0.15, 0.2) is 0 Å². The molecule has 0 spiro atoms. The van der Waals surface area contributed by atoms with Crippen LogP contribution in [0.5, 0.6) is 0 Å². The SMILES string of the molecule is Cc1cc2c(c(CC(C)C)c1)-c1c3c(c(P(O)O)c(P(O)O)c1-c1c(cc(C)cc1CC(C)C)C2)-c1c(cc(C)cc1CC(C)C)Cc1cc(C)cc(CC(C)C)c1-3. The van der Waals surface area contributed by atoms with Crippen LogP contribution in [0.15, 0.2) is 48.5 Å². The number of fused-ring (bicyclic) bond motifs is 11. The van der Waals surface area contributed by atoms with Gasteiger partial charge in [-0.2, -0.15) is 0 Å². The van der Waals surface area contributed by atoms with E-state index in [-0.39, 0.29) is 0 Å². The van der Waals surface area contributed by atoms with Gasteiger partial charge < -0.3 is 19.6 Å². The van der Waals surface area contributed by atoms with Gasteiger partial charge in [0, 0.05) is 11.1 Å². The Balaban J connectivity index is 1.90. The van der Waals surface area contributed by atoms with E-state index in [2.05, 4.69) is 132 Å². The van der Waals surface area contributed by atoms with Crippen molar-refractivity contribution >= 4 is 27.4 Å². The first-order chi connectivity index (χ1) is 27.3.